The molecule has 1 atom stereocenters. The van der Waals surface area contributed by atoms with Gasteiger partial charge in [0.2, 0.25) is 5.91 Å². The fraction of sp³-hybridized carbons (Fsp3) is 0.462. The van der Waals surface area contributed by atoms with Gasteiger partial charge in [0.1, 0.15) is 11.1 Å². The summed E-state index contributed by atoms with van der Waals surface area (Å²) in [6.45, 7) is 5.11. The summed E-state index contributed by atoms with van der Waals surface area (Å²) >= 11 is 5.79. The van der Waals surface area contributed by atoms with Crippen LogP contribution in [-0.4, -0.2) is 27.0 Å². The normalized spacial score (nSPS) is 13.2. The molecule has 0 spiro atoms. The van der Waals surface area contributed by atoms with Crippen LogP contribution in [0.4, 0.5) is 0 Å². The summed E-state index contributed by atoms with van der Waals surface area (Å²) in [6.07, 6.45) is 0. The van der Waals surface area contributed by atoms with Crippen LogP contribution in [0.3, 0.4) is 0 Å². The zero-order chi connectivity index (χ0) is 13.1. The van der Waals surface area contributed by atoms with E-state index in [2.05, 4.69) is 0 Å². The van der Waals surface area contributed by atoms with E-state index in [9.17, 15) is 9.90 Å². The van der Waals surface area contributed by atoms with Gasteiger partial charge in [0.25, 0.3) is 0 Å². The van der Waals surface area contributed by atoms with Crippen molar-refractivity contribution < 1.29 is 9.90 Å². The van der Waals surface area contributed by atoms with Crippen molar-refractivity contribution in [2.45, 2.75) is 38.4 Å². The average Bonchev–Trinajstić information content (AvgIpc) is 2.24. The SMILES string of the molecule is C[C@@H](Cl)C(=O)N(Cc1ccccc1)C(C)(C)O. The molecule has 1 amide bonds. The lowest BCUT2D eigenvalue weighted by atomic mass is 10.1. The fourth-order valence-corrected chi connectivity index (χ4v) is 1.64. The van der Waals surface area contributed by atoms with E-state index in [0.29, 0.717) is 6.54 Å². The van der Waals surface area contributed by atoms with Crippen molar-refractivity contribution in [3.63, 3.8) is 0 Å². The molecule has 0 aliphatic carbocycles. The highest BCUT2D eigenvalue weighted by molar-refractivity contribution is 6.30. The Balaban J connectivity index is 2.90. The minimum absolute atomic E-state index is 0.275. The van der Waals surface area contributed by atoms with Gasteiger partial charge in [0, 0.05) is 6.54 Å². The van der Waals surface area contributed by atoms with Crippen molar-refractivity contribution in [2.75, 3.05) is 0 Å². The molecule has 0 fully saturated rings. The Morgan fingerprint density at radius 3 is 2.35 bits per heavy atom. The molecule has 0 aliphatic heterocycles. The Kier molecular flexibility index (Phi) is 4.54. The first-order chi connectivity index (χ1) is 7.82. The van der Waals surface area contributed by atoms with E-state index < -0.39 is 11.1 Å². The van der Waals surface area contributed by atoms with Gasteiger partial charge < -0.3 is 10.0 Å². The zero-order valence-electron chi connectivity index (χ0n) is 10.4. The Labute approximate surface area is 107 Å². The third-order valence-corrected chi connectivity index (χ3v) is 2.64. The Bertz CT molecular complexity index is 371. The maximum Gasteiger partial charge on any atom is 0.242 e. The number of amides is 1. The number of nitrogens with zero attached hydrogens (tertiary/aromatic N) is 1. The number of hydrogen-bond donors (Lipinski definition) is 1. The molecule has 0 aliphatic rings. The van der Waals surface area contributed by atoms with Crippen molar-refractivity contribution in [2.24, 2.45) is 0 Å². The molecule has 17 heavy (non-hydrogen) atoms. The summed E-state index contributed by atoms with van der Waals surface area (Å²) in [5.74, 6) is -0.275. The lowest BCUT2D eigenvalue weighted by Crippen LogP contribution is -2.49. The lowest BCUT2D eigenvalue weighted by Gasteiger charge is -2.35. The predicted molar refractivity (Wildman–Crippen MR) is 68.6 cm³/mol. The maximum absolute atomic E-state index is 11.9. The molecular weight excluding hydrogens is 238 g/mol. The van der Waals surface area contributed by atoms with Crippen molar-refractivity contribution in [3.8, 4) is 0 Å². The van der Waals surface area contributed by atoms with Crippen LogP contribution in [0.2, 0.25) is 0 Å². The molecule has 0 saturated carbocycles. The lowest BCUT2D eigenvalue weighted by molar-refractivity contribution is -0.154. The van der Waals surface area contributed by atoms with Crippen LogP contribution in [0.25, 0.3) is 0 Å². The van der Waals surface area contributed by atoms with Crippen LogP contribution in [0, 0.1) is 0 Å². The standard InChI is InChI=1S/C13H18ClNO2/c1-10(14)12(16)15(13(2,3)17)9-11-7-5-4-6-8-11/h4-8,10,17H,9H2,1-3H3/t10-/m1/s1. The minimum atomic E-state index is -1.23. The smallest absolute Gasteiger partial charge is 0.242 e. The van der Waals surface area contributed by atoms with Gasteiger partial charge in [-0.1, -0.05) is 30.3 Å². The summed E-state index contributed by atoms with van der Waals surface area (Å²) in [5.41, 5.74) is -0.268. The van der Waals surface area contributed by atoms with Crippen molar-refractivity contribution >= 4 is 17.5 Å². The highest BCUT2D eigenvalue weighted by atomic mass is 35.5. The van der Waals surface area contributed by atoms with Gasteiger partial charge in [-0.15, -0.1) is 11.6 Å². The minimum Gasteiger partial charge on any atom is -0.371 e. The van der Waals surface area contributed by atoms with E-state index in [1.54, 1.807) is 20.8 Å². The predicted octanol–water partition coefficient (Wildman–Crippen LogP) is 2.37. The van der Waals surface area contributed by atoms with E-state index >= 15 is 0 Å². The van der Waals surface area contributed by atoms with Gasteiger partial charge in [0.05, 0.1) is 0 Å². The van der Waals surface area contributed by atoms with Crippen LogP contribution in [-0.2, 0) is 11.3 Å². The highest BCUT2D eigenvalue weighted by Crippen LogP contribution is 2.18. The number of benzene rings is 1. The first-order valence-electron chi connectivity index (χ1n) is 5.54. The molecule has 0 bridgehead atoms. The van der Waals surface area contributed by atoms with E-state index in [-0.39, 0.29) is 5.91 Å². The summed E-state index contributed by atoms with van der Waals surface area (Å²) in [6, 6.07) is 9.51. The molecule has 0 saturated heterocycles. The molecule has 1 aromatic rings. The number of aliphatic hydroxyl groups is 1. The molecule has 1 aromatic carbocycles. The number of carbonyl (C=O) groups excluding carboxylic acids is 1. The number of halogens is 1. The quantitative estimate of drug-likeness (QED) is 0.663. The van der Waals surface area contributed by atoms with Crippen LogP contribution in [0.15, 0.2) is 30.3 Å². The monoisotopic (exact) mass is 255 g/mol. The van der Waals surface area contributed by atoms with E-state index in [4.69, 9.17) is 11.6 Å². The molecule has 4 heteroatoms. The van der Waals surface area contributed by atoms with Gasteiger partial charge in [-0.2, -0.15) is 0 Å². The third kappa shape index (κ3) is 4.02. The van der Waals surface area contributed by atoms with Crippen LogP contribution in [0.1, 0.15) is 26.3 Å². The summed E-state index contributed by atoms with van der Waals surface area (Å²) in [5, 5.41) is 9.36. The molecule has 1 N–H and O–H groups in total. The molecule has 0 unspecified atom stereocenters. The second-order valence-electron chi connectivity index (χ2n) is 4.52. The van der Waals surface area contributed by atoms with E-state index in [0.717, 1.165) is 5.56 Å². The summed E-state index contributed by atoms with van der Waals surface area (Å²) in [7, 11) is 0. The topological polar surface area (TPSA) is 40.5 Å². The number of hydrogen-bond acceptors (Lipinski definition) is 2. The Morgan fingerprint density at radius 1 is 1.41 bits per heavy atom. The first kappa shape index (κ1) is 14.0. The first-order valence-corrected chi connectivity index (χ1v) is 5.98. The molecule has 3 nitrogen and oxygen atoms in total. The largest absolute Gasteiger partial charge is 0.371 e. The van der Waals surface area contributed by atoms with Gasteiger partial charge in [-0.3, -0.25) is 4.79 Å². The molecule has 94 valence electrons. The number of alkyl halides is 1. The number of rotatable bonds is 4. The molecule has 0 aromatic heterocycles. The third-order valence-electron chi connectivity index (χ3n) is 2.45. The van der Waals surface area contributed by atoms with Gasteiger partial charge in [-0.25, -0.2) is 0 Å². The summed E-state index contributed by atoms with van der Waals surface area (Å²) < 4.78 is 0. The maximum atomic E-state index is 11.9. The molecule has 1 rings (SSSR count). The Morgan fingerprint density at radius 2 is 1.94 bits per heavy atom. The Hall–Kier alpha value is -1.06. The average molecular weight is 256 g/mol. The van der Waals surface area contributed by atoms with Gasteiger partial charge >= 0.3 is 0 Å². The van der Waals surface area contributed by atoms with Gasteiger partial charge in [0.15, 0.2) is 0 Å². The van der Waals surface area contributed by atoms with Crippen molar-refractivity contribution in [1.29, 1.82) is 0 Å². The van der Waals surface area contributed by atoms with Crippen molar-refractivity contribution in [1.82, 2.24) is 4.90 Å². The van der Waals surface area contributed by atoms with Crippen molar-refractivity contribution in [3.05, 3.63) is 35.9 Å². The number of carbonyl (C=O) groups is 1. The van der Waals surface area contributed by atoms with Crippen LogP contribution >= 0.6 is 11.6 Å². The second-order valence-corrected chi connectivity index (χ2v) is 5.18. The van der Waals surface area contributed by atoms with Crippen LogP contribution < -0.4 is 0 Å². The summed E-state index contributed by atoms with van der Waals surface area (Å²) in [4.78, 5) is 13.3. The second kappa shape index (κ2) is 5.52. The highest BCUT2D eigenvalue weighted by Gasteiger charge is 2.30. The zero-order valence-corrected chi connectivity index (χ0v) is 11.1. The molecule has 0 heterocycles. The molecule has 0 radical (unpaired) electrons. The molecular formula is C13H18ClNO2. The van der Waals surface area contributed by atoms with E-state index in [1.165, 1.54) is 4.90 Å². The van der Waals surface area contributed by atoms with E-state index in [1.807, 2.05) is 30.3 Å². The van der Waals surface area contributed by atoms with Crippen LogP contribution in [0.5, 0.6) is 0 Å². The van der Waals surface area contributed by atoms with Gasteiger partial charge in [-0.05, 0) is 26.3 Å². The fourth-order valence-electron chi connectivity index (χ4n) is 1.52.